The maximum absolute atomic E-state index is 11.5. The Morgan fingerprint density at radius 2 is 2.18 bits per heavy atom. The second kappa shape index (κ2) is 3.50. The molecule has 3 nitrogen and oxygen atoms in total. The smallest absolute Gasteiger partial charge is 0.314 e. The minimum Gasteiger partial charge on any atom is -0.481 e. The molecule has 0 spiro atoms. The molecular formula is C13H12ClNO2. The van der Waals surface area contributed by atoms with Gasteiger partial charge in [-0.05, 0) is 24.5 Å². The highest BCUT2D eigenvalue weighted by Crippen LogP contribution is 2.47. The number of carbonyl (C=O) groups is 1. The molecule has 1 aromatic carbocycles. The number of aromatic amines is 1. The van der Waals surface area contributed by atoms with Crippen molar-refractivity contribution >= 4 is 28.5 Å². The number of H-pyrrole nitrogens is 1. The number of halogens is 1. The van der Waals surface area contributed by atoms with E-state index in [-0.39, 0.29) is 0 Å². The van der Waals surface area contributed by atoms with E-state index in [0.29, 0.717) is 17.9 Å². The molecule has 0 unspecified atom stereocenters. The predicted octanol–water partition coefficient (Wildman–Crippen LogP) is 3.33. The normalized spacial score (nSPS) is 17.9. The molecule has 1 heterocycles. The fourth-order valence-corrected chi connectivity index (χ4v) is 2.93. The lowest BCUT2D eigenvalue weighted by Crippen LogP contribution is -2.42. The van der Waals surface area contributed by atoms with Gasteiger partial charge < -0.3 is 10.1 Å². The molecule has 2 N–H and O–H groups in total. The minimum atomic E-state index is -0.742. The van der Waals surface area contributed by atoms with Crippen molar-refractivity contribution in [1.82, 2.24) is 4.98 Å². The molecule has 1 aliphatic carbocycles. The molecule has 0 saturated heterocycles. The van der Waals surface area contributed by atoms with Crippen molar-refractivity contribution in [3.63, 3.8) is 0 Å². The minimum absolute atomic E-state index is 0.600. The first-order valence-electron chi connectivity index (χ1n) is 5.65. The number of hydrogen-bond donors (Lipinski definition) is 2. The van der Waals surface area contributed by atoms with Crippen molar-refractivity contribution in [2.45, 2.75) is 24.7 Å². The van der Waals surface area contributed by atoms with Crippen LogP contribution in [0, 0.1) is 0 Å². The zero-order chi connectivity index (χ0) is 12.0. The average molecular weight is 250 g/mol. The highest BCUT2D eigenvalue weighted by Gasteiger charge is 2.47. The zero-order valence-electron chi connectivity index (χ0n) is 9.16. The van der Waals surface area contributed by atoms with E-state index in [4.69, 9.17) is 11.6 Å². The highest BCUT2D eigenvalue weighted by atomic mass is 35.5. The van der Waals surface area contributed by atoms with Gasteiger partial charge in [-0.15, -0.1) is 0 Å². The molecule has 0 amide bonds. The Labute approximate surface area is 103 Å². The lowest BCUT2D eigenvalue weighted by Gasteiger charge is -2.38. The molecule has 1 aromatic heterocycles. The molecule has 0 bridgehead atoms. The van der Waals surface area contributed by atoms with E-state index in [2.05, 4.69) is 4.98 Å². The monoisotopic (exact) mass is 249 g/mol. The predicted molar refractivity (Wildman–Crippen MR) is 66.5 cm³/mol. The number of hydrogen-bond acceptors (Lipinski definition) is 1. The van der Waals surface area contributed by atoms with Crippen LogP contribution in [0.15, 0.2) is 24.4 Å². The Bertz CT molecular complexity index is 598. The molecule has 17 heavy (non-hydrogen) atoms. The molecule has 1 aliphatic rings. The van der Waals surface area contributed by atoms with Crippen LogP contribution in [0.5, 0.6) is 0 Å². The first-order valence-corrected chi connectivity index (χ1v) is 6.02. The summed E-state index contributed by atoms with van der Waals surface area (Å²) >= 11 is 6.15. The zero-order valence-corrected chi connectivity index (χ0v) is 9.92. The molecule has 0 radical (unpaired) electrons. The Hall–Kier alpha value is -1.48. The van der Waals surface area contributed by atoms with Crippen molar-refractivity contribution < 1.29 is 9.90 Å². The van der Waals surface area contributed by atoms with Crippen LogP contribution >= 0.6 is 11.6 Å². The summed E-state index contributed by atoms with van der Waals surface area (Å²) in [6.07, 6.45) is 4.07. The van der Waals surface area contributed by atoms with Gasteiger partial charge in [0.15, 0.2) is 0 Å². The quantitative estimate of drug-likeness (QED) is 0.858. The Kier molecular flexibility index (Phi) is 2.20. The number of nitrogens with one attached hydrogen (secondary N) is 1. The molecule has 4 heteroatoms. The van der Waals surface area contributed by atoms with E-state index < -0.39 is 11.4 Å². The van der Waals surface area contributed by atoms with E-state index in [0.717, 1.165) is 22.9 Å². The van der Waals surface area contributed by atoms with Gasteiger partial charge in [0.2, 0.25) is 0 Å². The van der Waals surface area contributed by atoms with Gasteiger partial charge in [-0.25, -0.2) is 0 Å². The van der Waals surface area contributed by atoms with Crippen LogP contribution in [-0.4, -0.2) is 16.1 Å². The van der Waals surface area contributed by atoms with Crippen LogP contribution in [0.2, 0.25) is 5.02 Å². The number of benzene rings is 1. The standard InChI is InChI=1S/C13H12ClNO2/c14-9-7-15-10-4-1-3-8(11(9)10)13(12(16)17)5-2-6-13/h1,3-4,7,15H,2,5-6H2,(H,16,17). The van der Waals surface area contributed by atoms with Crippen LogP contribution in [0.1, 0.15) is 24.8 Å². The number of rotatable bonds is 2. The summed E-state index contributed by atoms with van der Waals surface area (Å²) in [5.41, 5.74) is 1.02. The van der Waals surface area contributed by atoms with Gasteiger partial charge in [0.05, 0.1) is 10.4 Å². The van der Waals surface area contributed by atoms with Crippen molar-refractivity contribution in [2.75, 3.05) is 0 Å². The number of aromatic nitrogens is 1. The molecular weight excluding hydrogens is 238 g/mol. The van der Waals surface area contributed by atoms with E-state index in [1.54, 1.807) is 6.20 Å². The van der Waals surface area contributed by atoms with Gasteiger partial charge in [0.25, 0.3) is 0 Å². The van der Waals surface area contributed by atoms with Gasteiger partial charge in [-0.1, -0.05) is 30.2 Å². The van der Waals surface area contributed by atoms with Crippen molar-refractivity contribution in [2.24, 2.45) is 0 Å². The van der Waals surface area contributed by atoms with Crippen molar-refractivity contribution in [3.8, 4) is 0 Å². The van der Waals surface area contributed by atoms with E-state index in [9.17, 15) is 9.90 Å². The average Bonchev–Trinajstić information content (AvgIpc) is 2.59. The molecule has 3 rings (SSSR count). The van der Waals surface area contributed by atoms with Crippen LogP contribution in [0.3, 0.4) is 0 Å². The van der Waals surface area contributed by atoms with Gasteiger partial charge in [0, 0.05) is 17.1 Å². The second-order valence-corrected chi connectivity index (χ2v) is 5.01. The summed E-state index contributed by atoms with van der Waals surface area (Å²) < 4.78 is 0. The molecule has 0 atom stereocenters. The van der Waals surface area contributed by atoms with Crippen molar-refractivity contribution in [3.05, 3.63) is 35.0 Å². The summed E-state index contributed by atoms with van der Waals surface area (Å²) in [6.45, 7) is 0. The second-order valence-electron chi connectivity index (χ2n) is 4.61. The third-order valence-electron chi connectivity index (χ3n) is 3.79. The van der Waals surface area contributed by atoms with E-state index in [1.807, 2.05) is 18.2 Å². The fraction of sp³-hybridized carbons (Fsp3) is 0.308. The molecule has 0 aliphatic heterocycles. The van der Waals surface area contributed by atoms with Gasteiger partial charge in [0.1, 0.15) is 0 Å². The number of carboxylic acids is 1. The Morgan fingerprint density at radius 3 is 2.76 bits per heavy atom. The Balaban J connectivity index is 2.30. The van der Waals surface area contributed by atoms with Crippen LogP contribution < -0.4 is 0 Å². The van der Waals surface area contributed by atoms with E-state index >= 15 is 0 Å². The molecule has 2 aromatic rings. The SMILES string of the molecule is O=C(O)C1(c2cccc3[nH]cc(Cl)c23)CCC1. The van der Waals surface area contributed by atoms with Crippen LogP contribution in [0.25, 0.3) is 10.9 Å². The molecule has 88 valence electrons. The van der Waals surface area contributed by atoms with Crippen LogP contribution in [0.4, 0.5) is 0 Å². The van der Waals surface area contributed by atoms with Gasteiger partial charge >= 0.3 is 5.97 Å². The highest BCUT2D eigenvalue weighted by molar-refractivity contribution is 6.36. The maximum Gasteiger partial charge on any atom is 0.314 e. The molecule has 1 fully saturated rings. The summed E-state index contributed by atoms with van der Waals surface area (Å²) in [4.78, 5) is 14.6. The third kappa shape index (κ3) is 1.32. The number of fused-ring (bicyclic) bond motifs is 1. The fourth-order valence-electron chi connectivity index (χ4n) is 2.67. The lowest BCUT2D eigenvalue weighted by molar-refractivity contribution is -0.147. The summed E-state index contributed by atoms with van der Waals surface area (Å²) in [5.74, 6) is -0.742. The number of aliphatic carboxylic acids is 1. The van der Waals surface area contributed by atoms with Gasteiger partial charge in [-0.3, -0.25) is 4.79 Å². The summed E-state index contributed by atoms with van der Waals surface area (Å²) in [7, 11) is 0. The first kappa shape index (κ1) is 10.7. The summed E-state index contributed by atoms with van der Waals surface area (Å²) in [6, 6.07) is 5.68. The Morgan fingerprint density at radius 1 is 1.41 bits per heavy atom. The number of carboxylic acid groups (broad SMARTS) is 1. The van der Waals surface area contributed by atoms with Crippen molar-refractivity contribution in [1.29, 1.82) is 0 Å². The largest absolute Gasteiger partial charge is 0.481 e. The maximum atomic E-state index is 11.5. The molecule has 1 saturated carbocycles. The first-order chi connectivity index (χ1) is 8.15. The summed E-state index contributed by atoms with van der Waals surface area (Å²) in [5, 5.41) is 10.9. The lowest BCUT2D eigenvalue weighted by atomic mass is 9.64. The van der Waals surface area contributed by atoms with Gasteiger partial charge in [-0.2, -0.15) is 0 Å². The van der Waals surface area contributed by atoms with Crippen LogP contribution in [-0.2, 0) is 10.2 Å². The third-order valence-corrected chi connectivity index (χ3v) is 4.09. The van der Waals surface area contributed by atoms with E-state index in [1.165, 1.54) is 0 Å². The topological polar surface area (TPSA) is 53.1 Å².